The van der Waals surface area contributed by atoms with Crippen LogP contribution in [0.4, 0.5) is 5.69 Å². The molecule has 0 saturated heterocycles. The molecule has 0 amide bonds. The summed E-state index contributed by atoms with van der Waals surface area (Å²) in [6.07, 6.45) is 0. The Hall–Kier alpha value is -0.0700. The van der Waals surface area contributed by atoms with Crippen LogP contribution in [-0.4, -0.2) is 13.0 Å². The minimum Gasteiger partial charge on any atom is -1.00 e. The van der Waals surface area contributed by atoms with E-state index in [0.717, 1.165) is 0 Å². The number of hydrogen-bond donors (Lipinski definition) is 2. The quantitative estimate of drug-likeness (QED) is 0.299. The van der Waals surface area contributed by atoms with Gasteiger partial charge >= 0.3 is 29.6 Å². The molecule has 0 heterocycles. The van der Waals surface area contributed by atoms with Gasteiger partial charge in [-0.05, 0) is 24.3 Å². The molecule has 0 spiro atoms. The van der Waals surface area contributed by atoms with Gasteiger partial charge in [0.1, 0.15) is 0 Å². The number of benzene rings is 1. The number of hydrogen-bond acceptors (Lipinski definition) is 3. The van der Waals surface area contributed by atoms with Crippen molar-refractivity contribution in [3.63, 3.8) is 0 Å². The summed E-state index contributed by atoms with van der Waals surface area (Å²) in [6.45, 7) is 0. The molecule has 0 aliphatic rings. The maximum atomic E-state index is 10.5. The molecule has 62 valence electrons. The molecule has 3 N–H and O–H groups in total. The smallest absolute Gasteiger partial charge is 1.00 e. The molecule has 0 atom stereocenters. The van der Waals surface area contributed by atoms with Crippen LogP contribution in [-0.2, 0) is 10.1 Å². The number of nitrogens with two attached hydrogens (primary N) is 1. The Balaban J connectivity index is 0. The van der Waals surface area contributed by atoms with Crippen LogP contribution in [0.15, 0.2) is 29.2 Å². The molecule has 0 saturated carbocycles. The van der Waals surface area contributed by atoms with Crippen molar-refractivity contribution in [3.05, 3.63) is 24.3 Å². The van der Waals surface area contributed by atoms with Gasteiger partial charge in [0.2, 0.25) is 0 Å². The summed E-state index contributed by atoms with van der Waals surface area (Å²) in [4.78, 5) is -0.147. The van der Waals surface area contributed by atoms with E-state index in [1.807, 2.05) is 0 Å². The van der Waals surface area contributed by atoms with Gasteiger partial charge in [0.15, 0.2) is 0 Å². The third-order valence-corrected chi connectivity index (χ3v) is 2.05. The predicted octanol–water partition coefficient (Wildman–Crippen LogP) is -2.37. The van der Waals surface area contributed by atoms with Gasteiger partial charge in [-0.25, -0.2) is 0 Å². The summed E-state index contributed by atoms with van der Waals surface area (Å²) in [5.74, 6) is 0. The maximum Gasteiger partial charge on any atom is 1.00 e. The van der Waals surface area contributed by atoms with Crippen LogP contribution in [0, 0.1) is 0 Å². The van der Waals surface area contributed by atoms with Crippen molar-refractivity contribution in [1.29, 1.82) is 0 Å². The predicted molar refractivity (Wildman–Crippen MR) is 41.8 cm³/mol. The Morgan fingerprint density at radius 3 is 2.00 bits per heavy atom. The zero-order valence-electron chi connectivity index (χ0n) is 7.56. The first-order valence-corrected chi connectivity index (χ1v) is 4.27. The summed E-state index contributed by atoms with van der Waals surface area (Å²) < 4.78 is 29.4. The van der Waals surface area contributed by atoms with Crippen molar-refractivity contribution in [2.75, 3.05) is 5.73 Å². The monoisotopic (exact) mass is 197 g/mol. The average Bonchev–Trinajstić information content (AvgIpc) is 1.86. The first-order chi connectivity index (χ1) is 5.00. The molecule has 0 unspecified atom stereocenters. The van der Waals surface area contributed by atoms with E-state index < -0.39 is 10.1 Å². The Morgan fingerprint density at radius 1 is 1.25 bits per heavy atom. The fourth-order valence-corrected chi connectivity index (χ4v) is 1.12. The van der Waals surface area contributed by atoms with Crippen LogP contribution in [0.25, 0.3) is 0 Å². The topological polar surface area (TPSA) is 80.4 Å². The molecular weight excluding hydrogens is 189 g/mol. The number of anilines is 1. The normalized spacial score (nSPS) is 10.4. The SMILES string of the molecule is Nc1ccc(S(=O)(=O)O)cc1.[H-].[Na+]. The molecule has 0 aliphatic carbocycles. The minimum absolute atomic E-state index is 0. The van der Waals surface area contributed by atoms with Gasteiger partial charge in [-0.15, -0.1) is 0 Å². The van der Waals surface area contributed by atoms with Gasteiger partial charge in [0.05, 0.1) is 4.90 Å². The second-order valence-electron chi connectivity index (χ2n) is 2.04. The Morgan fingerprint density at radius 2 is 1.67 bits per heavy atom. The second kappa shape index (κ2) is 4.25. The van der Waals surface area contributed by atoms with Crippen molar-refractivity contribution in [1.82, 2.24) is 0 Å². The summed E-state index contributed by atoms with van der Waals surface area (Å²) in [5.41, 5.74) is 5.75. The van der Waals surface area contributed by atoms with Gasteiger partial charge in [-0.3, -0.25) is 4.55 Å². The van der Waals surface area contributed by atoms with Crippen LogP contribution in [0.1, 0.15) is 1.43 Å². The van der Waals surface area contributed by atoms with Crippen molar-refractivity contribution in [3.8, 4) is 0 Å². The first-order valence-electron chi connectivity index (χ1n) is 2.83. The molecule has 0 bridgehead atoms. The van der Waals surface area contributed by atoms with Gasteiger partial charge < -0.3 is 7.16 Å². The molecule has 0 aliphatic heterocycles. The zero-order valence-corrected chi connectivity index (χ0v) is 9.38. The van der Waals surface area contributed by atoms with Crippen LogP contribution in [0.3, 0.4) is 0 Å². The number of rotatable bonds is 1. The van der Waals surface area contributed by atoms with Crippen molar-refractivity contribution in [2.45, 2.75) is 4.90 Å². The fraction of sp³-hybridized carbons (Fsp3) is 0. The zero-order chi connectivity index (χ0) is 8.48. The van der Waals surface area contributed by atoms with Gasteiger partial charge in [0.25, 0.3) is 10.1 Å². The molecule has 12 heavy (non-hydrogen) atoms. The Kier molecular flexibility index (Phi) is 4.22. The molecule has 0 radical (unpaired) electrons. The minimum atomic E-state index is -4.08. The Bertz CT molecular complexity index is 351. The number of nitrogen functional groups attached to an aromatic ring is 1. The van der Waals surface area contributed by atoms with E-state index in [2.05, 4.69) is 0 Å². The van der Waals surface area contributed by atoms with E-state index in [0.29, 0.717) is 5.69 Å². The third kappa shape index (κ3) is 3.12. The average molecular weight is 197 g/mol. The molecule has 1 rings (SSSR count). The molecular formula is C6H8NNaO3S. The second-order valence-corrected chi connectivity index (χ2v) is 3.47. The largest absolute Gasteiger partial charge is 1.00 e. The van der Waals surface area contributed by atoms with E-state index in [9.17, 15) is 8.42 Å². The summed E-state index contributed by atoms with van der Waals surface area (Å²) in [5, 5.41) is 0. The molecule has 0 fully saturated rings. The maximum absolute atomic E-state index is 10.5. The van der Waals surface area contributed by atoms with Crippen molar-refractivity contribution < 1.29 is 44.0 Å². The van der Waals surface area contributed by atoms with E-state index in [1.165, 1.54) is 24.3 Å². The first kappa shape index (κ1) is 11.9. The van der Waals surface area contributed by atoms with Crippen LogP contribution in [0.2, 0.25) is 0 Å². The van der Waals surface area contributed by atoms with E-state index in [-0.39, 0.29) is 35.9 Å². The van der Waals surface area contributed by atoms with Crippen LogP contribution >= 0.6 is 0 Å². The van der Waals surface area contributed by atoms with Crippen LogP contribution < -0.4 is 35.3 Å². The summed E-state index contributed by atoms with van der Waals surface area (Å²) in [6, 6.07) is 5.29. The molecule has 1 aromatic rings. The van der Waals surface area contributed by atoms with Gasteiger partial charge in [-0.2, -0.15) is 8.42 Å². The fourth-order valence-electron chi connectivity index (χ4n) is 0.640. The van der Waals surface area contributed by atoms with Crippen LogP contribution in [0.5, 0.6) is 0 Å². The molecule has 1 aromatic carbocycles. The molecule has 4 nitrogen and oxygen atoms in total. The summed E-state index contributed by atoms with van der Waals surface area (Å²) in [7, 11) is -4.08. The van der Waals surface area contributed by atoms with E-state index >= 15 is 0 Å². The van der Waals surface area contributed by atoms with Crippen molar-refractivity contribution >= 4 is 15.8 Å². The van der Waals surface area contributed by atoms with Gasteiger partial charge in [0, 0.05) is 5.69 Å². The molecule has 6 heteroatoms. The van der Waals surface area contributed by atoms with Crippen molar-refractivity contribution in [2.24, 2.45) is 0 Å². The van der Waals surface area contributed by atoms with Gasteiger partial charge in [-0.1, -0.05) is 0 Å². The van der Waals surface area contributed by atoms with E-state index in [1.54, 1.807) is 0 Å². The summed E-state index contributed by atoms with van der Waals surface area (Å²) >= 11 is 0. The Labute approximate surface area is 94.3 Å². The standard InChI is InChI=1S/C6H7NO3S.Na.H/c7-5-1-3-6(4-2-5)11(8,9)10;;/h1-4H,7H2,(H,8,9,10);;/q;+1;-1. The molecule has 0 aromatic heterocycles. The third-order valence-electron chi connectivity index (χ3n) is 1.18. The van der Waals surface area contributed by atoms with E-state index in [4.69, 9.17) is 10.3 Å².